The van der Waals surface area contributed by atoms with Crippen molar-refractivity contribution in [2.45, 2.75) is 19.8 Å². The zero-order valence-electron chi connectivity index (χ0n) is 11.1. The maximum Gasteiger partial charge on any atom is 0.186 e. The molecule has 2 heterocycles. The smallest absolute Gasteiger partial charge is 0.186 e. The molecule has 0 N–H and O–H groups in total. The number of carbonyl (C=O) groups is 1. The van der Waals surface area contributed by atoms with Crippen molar-refractivity contribution in [1.29, 1.82) is 0 Å². The predicted octanol–water partition coefficient (Wildman–Crippen LogP) is 2.46. The van der Waals surface area contributed by atoms with Crippen LogP contribution in [-0.2, 0) is 11.2 Å². The summed E-state index contributed by atoms with van der Waals surface area (Å²) in [4.78, 5) is 16.6. The molecule has 0 amide bonds. The van der Waals surface area contributed by atoms with Crippen molar-refractivity contribution >= 4 is 17.1 Å². The molecular formula is C14H21NO2S. The van der Waals surface area contributed by atoms with Gasteiger partial charge in [0, 0.05) is 18.5 Å². The summed E-state index contributed by atoms with van der Waals surface area (Å²) >= 11 is 1.63. The third-order valence-electron chi connectivity index (χ3n) is 3.42. The number of thiophene rings is 1. The first-order valence-electron chi connectivity index (χ1n) is 6.56. The zero-order chi connectivity index (χ0) is 13.0. The van der Waals surface area contributed by atoms with Gasteiger partial charge in [-0.25, -0.2) is 0 Å². The van der Waals surface area contributed by atoms with E-state index in [1.165, 1.54) is 4.88 Å². The number of carbonyl (C=O) groups excluding carboxylic acids is 1. The van der Waals surface area contributed by atoms with Gasteiger partial charge >= 0.3 is 0 Å². The number of ketones is 1. The molecule has 4 heteroatoms. The Balaban J connectivity index is 1.84. The van der Waals surface area contributed by atoms with Crippen LogP contribution in [0.15, 0.2) is 12.1 Å². The molecule has 1 aliphatic heterocycles. The third-order valence-corrected chi connectivity index (χ3v) is 4.70. The van der Waals surface area contributed by atoms with Crippen LogP contribution in [0.5, 0.6) is 0 Å². The van der Waals surface area contributed by atoms with E-state index in [1.54, 1.807) is 18.4 Å². The Morgan fingerprint density at radius 2 is 2.39 bits per heavy atom. The van der Waals surface area contributed by atoms with E-state index in [-0.39, 0.29) is 5.78 Å². The topological polar surface area (TPSA) is 29.5 Å². The predicted molar refractivity (Wildman–Crippen MR) is 74.5 cm³/mol. The quantitative estimate of drug-likeness (QED) is 0.742. The fraction of sp³-hybridized carbons (Fsp3) is 0.643. The van der Waals surface area contributed by atoms with Crippen LogP contribution in [0.1, 0.15) is 27.9 Å². The normalized spacial score (nSPS) is 20.4. The summed E-state index contributed by atoms with van der Waals surface area (Å²) in [5, 5.41) is 0. The van der Waals surface area contributed by atoms with Crippen molar-refractivity contribution in [2.24, 2.45) is 5.92 Å². The molecule has 1 aromatic heterocycles. The van der Waals surface area contributed by atoms with Crippen LogP contribution in [0.3, 0.4) is 0 Å². The van der Waals surface area contributed by atoms with E-state index < -0.39 is 0 Å². The van der Waals surface area contributed by atoms with E-state index in [4.69, 9.17) is 4.74 Å². The standard InChI is InChI=1S/C14H21NO2S/c1-3-12-4-5-14(18-12)13(16)9-15-7-6-11(8-15)10-17-2/h4-5,11H,3,6-10H2,1-2H3. The van der Waals surface area contributed by atoms with Gasteiger partial charge < -0.3 is 4.74 Å². The Hall–Kier alpha value is -0.710. The Bertz CT molecular complexity index is 402. The highest BCUT2D eigenvalue weighted by Crippen LogP contribution is 2.20. The summed E-state index contributed by atoms with van der Waals surface area (Å²) < 4.78 is 5.17. The fourth-order valence-corrected chi connectivity index (χ4v) is 3.30. The van der Waals surface area contributed by atoms with Crippen LogP contribution in [0, 0.1) is 5.92 Å². The highest BCUT2D eigenvalue weighted by molar-refractivity contribution is 7.14. The molecule has 1 saturated heterocycles. The van der Waals surface area contributed by atoms with Crippen LogP contribution in [0.2, 0.25) is 0 Å². The summed E-state index contributed by atoms with van der Waals surface area (Å²) in [6, 6.07) is 4.03. The molecule has 100 valence electrons. The average Bonchev–Trinajstić information content (AvgIpc) is 2.98. The number of likely N-dealkylation sites (tertiary alicyclic amines) is 1. The van der Waals surface area contributed by atoms with Crippen molar-refractivity contribution < 1.29 is 9.53 Å². The first-order chi connectivity index (χ1) is 8.72. The molecule has 0 aliphatic carbocycles. The number of methoxy groups -OCH3 is 1. The summed E-state index contributed by atoms with van der Waals surface area (Å²) in [7, 11) is 1.74. The third kappa shape index (κ3) is 3.40. The van der Waals surface area contributed by atoms with Crippen LogP contribution in [0.4, 0.5) is 0 Å². The lowest BCUT2D eigenvalue weighted by Gasteiger charge is -2.14. The molecule has 1 aliphatic rings. The van der Waals surface area contributed by atoms with E-state index in [2.05, 4.69) is 17.9 Å². The maximum absolute atomic E-state index is 12.1. The molecule has 1 unspecified atom stereocenters. The molecule has 0 bridgehead atoms. The molecule has 1 aromatic rings. The molecule has 0 radical (unpaired) electrons. The molecule has 0 saturated carbocycles. The zero-order valence-corrected chi connectivity index (χ0v) is 12.0. The van der Waals surface area contributed by atoms with E-state index in [9.17, 15) is 4.79 Å². The number of Topliss-reactive ketones (excluding diaryl/α,β-unsaturated/α-hetero) is 1. The SMILES string of the molecule is CCc1ccc(C(=O)CN2CCC(COC)C2)s1. The first kappa shape index (κ1) is 13.7. The average molecular weight is 267 g/mol. The Morgan fingerprint density at radius 3 is 3.06 bits per heavy atom. The molecule has 3 nitrogen and oxygen atoms in total. The lowest BCUT2D eigenvalue weighted by molar-refractivity contribution is 0.0941. The van der Waals surface area contributed by atoms with E-state index in [0.717, 1.165) is 37.4 Å². The van der Waals surface area contributed by atoms with Crippen molar-refractivity contribution in [3.8, 4) is 0 Å². The largest absolute Gasteiger partial charge is 0.384 e. The van der Waals surface area contributed by atoms with Crippen molar-refractivity contribution in [2.75, 3.05) is 33.4 Å². The number of rotatable bonds is 6. The van der Waals surface area contributed by atoms with Crippen LogP contribution < -0.4 is 0 Å². The number of ether oxygens (including phenoxy) is 1. The molecule has 0 aromatic carbocycles. The summed E-state index contributed by atoms with van der Waals surface area (Å²) in [5.41, 5.74) is 0. The van der Waals surface area contributed by atoms with Crippen LogP contribution in [-0.4, -0.2) is 44.0 Å². The minimum Gasteiger partial charge on any atom is -0.384 e. The highest BCUT2D eigenvalue weighted by Gasteiger charge is 2.24. The summed E-state index contributed by atoms with van der Waals surface area (Å²) in [6.45, 7) is 5.50. The van der Waals surface area contributed by atoms with E-state index in [1.807, 2.05) is 6.07 Å². The molecular weight excluding hydrogens is 246 g/mol. The molecule has 1 atom stereocenters. The number of hydrogen-bond acceptors (Lipinski definition) is 4. The van der Waals surface area contributed by atoms with Crippen molar-refractivity contribution in [3.63, 3.8) is 0 Å². The summed E-state index contributed by atoms with van der Waals surface area (Å²) in [6.07, 6.45) is 2.16. The van der Waals surface area contributed by atoms with Gasteiger partial charge in [0.25, 0.3) is 0 Å². The van der Waals surface area contributed by atoms with Crippen molar-refractivity contribution in [3.05, 3.63) is 21.9 Å². The van der Waals surface area contributed by atoms with Gasteiger partial charge in [0.2, 0.25) is 0 Å². The van der Waals surface area contributed by atoms with E-state index in [0.29, 0.717) is 12.5 Å². The van der Waals surface area contributed by atoms with Gasteiger partial charge in [-0.05, 0) is 37.4 Å². The van der Waals surface area contributed by atoms with Crippen LogP contribution >= 0.6 is 11.3 Å². The summed E-state index contributed by atoms with van der Waals surface area (Å²) in [5.74, 6) is 0.857. The lowest BCUT2D eigenvalue weighted by atomic mass is 10.1. The maximum atomic E-state index is 12.1. The fourth-order valence-electron chi connectivity index (χ4n) is 2.43. The van der Waals surface area contributed by atoms with Gasteiger partial charge in [0.05, 0.1) is 18.0 Å². The van der Waals surface area contributed by atoms with Gasteiger partial charge in [0.15, 0.2) is 5.78 Å². The number of aryl methyl sites for hydroxylation is 1. The van der Waals surface area contributed by atoms with Gasteiger partial charge in [-0.2, -0.15) is 0 Å². The number of hydrogen-bond donors (Lipinski definition) is 0. The molecule has 2 rings (SSSR count). The molecule has 18 heavy (non-hydrogen) atoms. The van der Waals surface area contributed by atoms with Crippen LogP contribution in [0.25, 0.3) is 0 Å². The highest BCUT2D eigenvalue weighted by atomic mass is 32.1. The van der Waals surface area contributed by atoms with Gasteiger partial charge in [-0.1, -0.05) is 6.92 Å². The van der Waals surface area contributed by atoms with Gasteiger partial charge in [-0.3, -0.25) is 9.69 Å². The number of nitrogens with zero attached hydrogens (tertiary/aromatic N) is 1. The molecule has 0 spiro atoms. The minimum atomic E-state index is 0.262. The van der Waals surface area contributed by atoms with Crippen molar-refractivity contribution in [1.82, 2.24) is 4.90 Å². The molecule has 1 fully saturated rings. The van der Waals surface area contributed by atoms with E-state index >= 15 is 0 Å². The second-order valence-electron chi connectivity index (χ2n) is 4.89. The second-order valence-corrected chi connectivity index (χ2v) is 6.06. The Kier molecular flexibility index (Phi) is 4.92. The Labute approximate surface area is 113 Å². The van der Waals surface area contributed by atoms with Gasteiger partial charge in [0.1, 0.15) is 0 Å². The first-order valence-corrected chi connectivity index (χ1v) is 7.37. The second kappa shape index (κ2) is 6.45. The lowest BCUT2D eigenvalue weighted by Crippen LogP contribution is -2.28. The Morgan fingerprint density at radius 1 is 1.56 bits per heavy atom. The minimum absolute atomic E-state index is 0.262. The monoisotopic (exact) mass is 267 g/mol. The van der Waals surface area contributed by atoms with Gasteiger partial charge in [-0.15, -0.1) is 11.3 Å².